The number of carbonyl (C=O) groups is 1. The Morgan fingerprint density at radius 3 is 2.52 bits per heavy atom. The summed E-state index contributed by atoms with van der Waals surface area (Å²) in [5.74, 6) is 0.782. The third-order valence-electron chi connectivity index (χ3n) is 3.70. The van der Waals surface area contributed by atoms with Crippen molar-refractivity contribution in [2.24, 2.45) is 0 Å². The average Bonchev–Trinajstić information content (AvgIpc) is 3.06. The third-order valence-corrected chi connectivity index (χ3v) is 4.45. The van der Waals surface area contributed by atoms with Gasteiger partial charge in [0, 0.05) is 10.9 Å². The Morgan fingerprint density at radius 2 is 1.84 bits per heavy atom. The van der Waals surface area contributed by atoms with Crippen molar-refractivity contribution < 1.29 is 9.53 Å². The highest BCUT2D eigenvalue weighted by Crippen LogP contribution is 2.26. The number of nitrogens with one attached hydrogen (secondary N) is 1. The molecule has 128 valence electrons. The van der Waals surface area contributed by atoms with E-state index in [9.17, 15) is 4.79 Å². The summed E-state index contributed by atoms with van der Waals surface area (Å²) in [4.78, 5) is 16.7. The van der Waals surface area contributed by atoms with Crippen molar-refractivity contribution in [3.8, 4) is 17.0 Å². The summed E-state index contributed by atoms with van der Waals surface area (Å²) >= 11 is 1.43. The molecule has 0 aliphatic carbocycles. The zero-order valence-electron chi connectivity index (χ0n) is 14.3. The van der Waals surface area contributed by atoms with Crippen molar-refractivity contribution in [1.82, 2.24) is 4.98 Å². The monoisotopic (exact) mass is 352 g/mol. The zero-order chi connectivity index (χ0) is 17.6. The molecule has 1 heterocycles. The summed E-state index contributed by atoms with van der Waals surface area (Å²) in [6, 6.07) is 15.8. The Hall–Kier alpha value is -2.66. The van der Waals surface area contributed by atoms with Crippen molar-refractivity contribution in [2.75, 3.05) is 11.9 Å². The van der Waals surface area contributed by atoms with Gasteiger partial charge in [-0.15, -0.1) is 11.3 Å². The van der Waals surface area contributed by atoms with E-state index in [1.54, 1.807) is 0 Å². The second-order valence-electron chi connectivity index (χ2n) is 5.71. The molecule has 0 fully saturated rings. The number of rotatable bonds is 6. The first kappa shape index (κ1) is 17.2. The molecule has 0 aliphatic heterocycles. The Labute approximate surface area is 151 Å². The van der Waals surface area contributed by atoms with E-state index < -0.39 is 0 Å². The molecule has 2 aromatic carbocycles. The lowest BCUT2D eigenvalue weighted by molar-refractivity contribution is -0.115. The topological polar surface area (TPSA) is 51.2 Å². The normalized spacial score (nSPS) is 10.5. The molecule has 0 unspecified atom stereocenters. The maximum Gasteiger partial charge on any atom is 0.230 e. The van der Waals surface area contributed by atoms with Crippen molar-refractivity contribution in [3.63, 3.8) is 0 Å². The van der Waals surface area contributed by atoms with E-state index in [1.165, 1.54) is 16.9 Å². The van der Waals surface area contributed by atoms with Crippen LogP contribution in [0.5, 0.6) is 5.75 Å². The molecule has 1 N–H and O–H groups in total. The van der Waals surface area contributed by atoms with Gasteiger partial charge in [-0.3, -0.25) is 4.79 Å². The molecule has 0 saturated carbocycles. The fourth-order valence-corrected chi connectivity index (χ4v) is 3.14. The van der Waals surface area contributed by atoms with Crippen LogP contribution >= 0.6 is 11.3 Å². The minimum atomic E-state index is -0.0588. The van der Waals surface area contributed by atoms with Crippen LogP contribution in [-0.2, 0) is 11.2 Å². The number of aromatic nitrogens is 1. The molecule has 3 rings (SSSR count). The van der Waals surface area contributed by atoms with Gasteiger partial charge in [-0.1, -0.05) is 29.8 Å². The maximum atomic E-state index is 12.2. The fourth-order valence-electron chi connectivity index (χ4n) is 2.41. The highest BCUT2D eigenvalue weighted by Gasteiger charge is 2.09. The van der Waals surface area contributed by atoms with Gasteiger partial charge in [-0.05, 0) is 43.7 Å². The van der Waals surface area contributed by atoms with E-state index in [1.807, 2.05) is 67.8 Å². The number of amides is 1. The fraction of sp³-hybridized carbons (Fsp3) is 0.200. The lowest BCUT2D eigenvalue weighted by Crippen LogP contribution is -2.14. The number of anilines is 1. The Kier molecular flexibility index (Phi) is 5.46. The largest absolute Gasteiger partial charge is 0.494 e. The predicted octanol–water partition coefficient (Wildman–Crippen LogP) is 4.70. The van der Waals surface area contributed by atoms with Gasteiger partial charge >= 0.3 is 0 Å². The first-order valence-corrected chi connectivity index (χ1v) is 9.06. The maximum absolute atomic E-state index is 12.2. The van der Waals surface area contributed by atoms with Crippen LogP contribution in [0.4, 0.5) is 5.13 Å². The molecular formula is C20H20N2O2S. The van der Waals surface area contributed by atoms with Gasteiger partial charge in [0.2, 0.25) is 5.91 Å². The van der Waals surface area contributed by atoms with Crippen molar-refractivity contribution in [1.29, 1.82) is 0 Å². The summed E-state index contributed by atoms with van der Waals surface area (Å²) < 4.78 is 5.44. The summed E-state index contributed by atoms with van der Waals surface area (Å²) in [5, 5.41) is 5.42. The average molecular weight is 352 g/mol. The smallest absolute Gasteiger partial charge is 0.230 e. The number of hydrogen-bond acceptors (Lipinski definition) is 4. The van der Waals surface area contributed by atoms with E-state index in [4.69, 9.17) is 4.74 Å². The van der Waals surface area contributed by atoms with Gasteiger partial charge in [0.1, 0.15) is 5.75 Å². The van der Waals surface area contributed by atoms with E-state index in [2.05, 4.69) is 10.3 Å². The van der Waals surface area contributed by atoms with Gasteiger partial charge in [0.15, 0.2) is 5.13 Å². The second kappa shape index (κ2) is 7.94. The standard InChI is InChI=1S/C20H20N2O2S/c1-3-24-17-10-8-16(9-11-17)18-13-25-20(21-18)22-19(23)12-15-6-4-14(2)5-7-15/h4-11,13H,3,12H2,1-2H3,(H,21,22,23). The highest BCUT2D eigenvalue weighted by atomic mass is 32.1. The lowest BCUT2D eigenvalue weighted by atomic mass is 10.1. The van der Waals surface area contributed by atoms with Crippen LogP contribution in [-0.4, -0.2) is 17.5 Å². The predicted molar refractivity (Wildman–Crippen MR) is 102 cm³/mol. The van der Waals surface area contributed by atoms with E-state index in [0.717, 1.165) is 22.6 Å². The molecule has 0 spiro atoms. The van der Waals surface area contributed by atoms with Gasteiger partial charge in [0.05, 0.1) is 18.7 Å². The second-order valence-corrected chi connectivity index (χ2v) is 6.56. The molecule has 0 radical (unpaired) electrons. The Balaban J connectivity index is 1.62. The molecule has 0 aliphatic rings. The number of thiazole rings is 1. The number of ether oxygens (including phenoxy) is 1. The highest BCUT2D eigenvalue weighted by molar-refractivity contribution is 7.14. The minimum Gasteiger partial charge on any atom is -0.494 e. The van der Waals surface area contributed by atoms with Crippen LogP contribution in [0.1, 0.15) is 18.1 Å². The van der Waals surface area contributed by atoms with Gasteiger partial charge in [-0.25, -0.2) is 4.98 Å². The van der Waals surface area contributed by atoms with Crippen LogP contribution in [0.25, 0.3) is 11.3 Å². The molecule has 0 atom stereocenters. The summed E-state index contributed by atoms with van der Waals surface area (Å²) in [5.41, 5.74) is 4.02. The SMILES string of the molecule is CCOc1ccc(-c2csc(NC(=O)Cc3ccc(C)cc3)n2)cc1. The van der Waals surface area contributed by atoms with Crippen molar-refractivity contribution >= 4 is 22.4 Å². The summed E-state index contributed by atoms with van der Waals surface area (Å²) in [7, 11) is 0. The van der Waals surface area contributed by atoms with Crippen LogP contribution in [0.15, 0.2) is 53.9 Å². The van der Waals surface area contributed by atoms with Crippen LogP contribution in [0.2, 0.25) is 0 Å². The molecule has 1 aromatic heterocycles. The van der Waals surface area contributed by atoms with E-state index >= 15 is 0 Å². The summed E-state index contributed by atoms with van der Waals surface area (Å²) in [6.45, 7) is 4.63. The third kappa shape index (κ3) is 4.67. The summed E-state index contributed by atoms with van der Waals surface area (Å²) in [6.07, 6.45) is 0.345. The first-order chi connectivity index (χ1) is 12.1. The van der Waals surface area contributed by atoms with Gasteiger partial charge < -0.3 is 10.1 Å². The molecule has 0 bridgehead atoms. The Bertz CT molecular complexity index is 839. The van der Waals surface area contributed by atoms with E-state index in [0.29, 0.717) is 18.2 Å². The van der Waals surface area contributed by atoms with Crippen molar-refractivity contribution in [2.45, 2.75) is 20.3 Å². The number of benzene rings is 2. The number of hydrogen-bond donors (Lipinski definition) is 1. The zero-order valence-corrected chi connectivity index (χ0v) is 15.1. The molecule has 4 nitrogen and oxygen atoms in total. The molecular weight excluding hydrogens is 332 g/mol. The van der Waals surface area contributed by atoms with Gasteiger partial charge in [0.25, 0.3) is 0 Å². The molecule has 3 aromatic rings. The number of nitrogens with zero attached hydrogens (tertiary/aromatic N) is 1. The number of carbonyl (C=O) groups excluding carboxylic acids is 1. The molecule has 25 heavy (non-hydrogen) atoms. The van der Waals surface area contributed by atoms with Crippen LogP contribution in [0, 0.1) is 6.92 Å². The lowest BCUT2D eigenvalue weighted by Gasteiger charge is -2.04. The number of aryl methyl sites for hydroxylation is 1. The Morgan fingerprint density at radius 1 is 1.12 bits per heavy atom. The van der Waals surface area contributed by atoms with Crippen molar-refractivity contribution in [3.05, 3.63) is 65.0 Å². The van der Waals surface area contributed by atoms with Gasteiger partial charge in [-0.2, -0.15) is 0 Å². The first-order valence-electron chi connectivity index (χ1n) is 8.18. The van der Waals surface area contributed by atoms with E-state index in [-0.39, 0.29) is 5.91 Å². The van der Waals surface area contributed by atoms with Crippen LogP contribution in [0.3, 0.4) is 0 Å². The molecule has 0 saturated heterocycles. The van der Waals surface area contributed by atoms with Crippen LogP contribution < -0.4 is 10.1 Å². The molecule has 1 amide bonds. The molecule has 5 heteroatoms. The quantitative estimate of drug-likeness (QED) is 0.700. The minimum absolute atomic E-state index is 0.0588.